The maximum Gasteiger partial charge on any atom is 0.355 e. The second-order valence-corrected chi connectivity index (χ2v) is 4.74. The Morgan fingerprint density at radius 2 is 2.04 bits per heavy atom. The first-order valence-corrected chi connectivity index (χ1v) is 7.06. The molecule has 124 valence electrons. The van der Waals surface area contributed by atoms with E-state index in [-0.39, 0.29) is 12.5 Å². The van der Waals surface area contributed by atoms with Crippen LogP contribution in [0.1, 0.15) is 16.4 Å². The van der Waals surface area contributed by atoms with Crippen molar-refractivity contribution in [2.45, 2.75) is 6.61 Å². The Hall–Kier alpha value is -3.29. The van der Waals surface area contributed by atoms with Crippen LogP contribution in [0, 0.1) is 0 Å². The highest BCUT2D eigenvalue weighted by Gasteiger charge is 2.14. The lowest BCUT2D eigenvalue weighted by molar-refractivity contribution is 0.0423. The number of carbonyl (C=O) groups is 1. The van der Waals surface area contributed by atoms with E-state index in [2.05, 4.69) is 15.1 Å². The third kappa shape index (κ3) is 3.22. The molecule has 0 aliphatic carbocycles. The van der Waals surface area contributed by atoms with Gasteiger partial charge in [0.05, 0.1) is 14.2 Å². The van der Waals surface area contributed by atoms with Gasteiger partial charge in [0.2, 0.25) is 5.82 Å². The summed E-state index contributed by atoms with van der Waals surface area (Å²) in [7, 11) is 3.10. The molecule has 0 spiro atoms. The molecule has 0 fully saturated rings. The van der Waals surface area contributed by atoms with E-state index in [0.717, 1.165) is 0 Å². The number of aromatic nitrogens is 3. The van der Waals surface area contributed by atoms with Gasteiger partial charge in [0.15, 0.2) is 18.1 Å². The number of rotatable bonds is 6. The minimum atomic E-state index is -0.495. The van der Waals surface area contributed by atoms with Crippen LogP contribution in [0.4, 0.5) is 0 Å². The van der Waals surface area contributed by atoms with Crippen LogP contribution in [0.3, 0.4) is 0 Å². The summed E-state index contributed by atoms with van der Waals surface area (Å²) in [5.74, 6) is 1.22. The highest BCUT2D eigenvalue weighted by Crippen LogP contribution is 2.31. The molecule has 8 nitrogen and oxygen atoms in total. The highest BCUT2D eigenvalue weighted by atomic mass is 16.6. The zero-order valence-corrected chi connectivity index (χ0v) is 13.1. The topological polar surface area (TPSA) is 99.5 Å². The quantitative estimate of drug-likeness (QED) is 0.693. The van der Waals surface area contributed by atoms with E-state index in [0.29, 0.717) is 28.6 Å². The molecular formula is C16H15N3O5. The Morgan fingerprint density at radius 3 is 2.75 bits per heavy atom. The number of methoxy groups -OCH3 is 2. The summed E-state index contributed by atoms with van der Waals surface area (Å²) in [5.41, 5.74) is 1.05. The van der Waals surface area contributed by atoms with Crippen molar-refractivity contribution in [1.29, 1.82) is 0 Å². The first kappa shape index (κ1) is 15.6. The van der Waals surface area contributed by atoms with Gasteiger partial charge in [-0.3, -0.25) is 0 Å². The minimum absolute atomic E-state index is 0.113. The van der Waals surface area contributed by atoms with E-state index in [1.165, 1.54) is 0 Å². The first-order chi connectivity index (χ1) is 11.7. The van der Waals surface area contributed by atoms with Crippen LogP contribution in [0.25, 0.3) is 11.4 Å². The van der Waals surface area contributed by atoms with Crippen LogP contribution in [0.2, 0.25) is 0 Å². The summed E-state index contributed by atoms with van der Waals surface area (Å²) in [4.78, 5) is 18.7. The van der Waals surface area contributed by atoms with E-state index in [4.69, 9.17) is 18.7 Å². The number of ether oxygens (including phenoxy) is 3. The molecule has 1 N–H and O–H groups in total. The third-order valence-corrected chi connectivity index (χ3v) is 3.25. The molecule has 2 aromatic heterocycles. The number of hydrogen-bond acceptors (Lipinski definition) is 7. The van der Waals surface area contributed by atoms with Crippen LogP contribution in [0.15, 0.2) is 41.1 Å². The van der Waals surface area contributed by atoms with Crippen molar-refractivity contribution in [3.63, 3.8) is 0 Å². The lowest BCUT2D eigenvalue weighted by atomic mass is 10.2. The van der Waals surface area contributed by atoms with Gasteiger partial charge in [-0.15, -0.1) is 0 Å². The predicted molar refractivity (Wildman–Crippen MR) is 82.8 cm³/mol. The fourth-order valence-electron chi connectivity index (χ4n) is 2.07. The molecule has 0 bridgehead atoms. The average molecular weight is 329 g/mol. The smallest absolute Gasteiger partial charge is 0.355 e. The molecule has 1 aromatic carbocycles. The Morgan fingerprint density at radius 1 is 1.21 bits per heavy atom. The van der Waals surface area contributed by atoms with Gasteiger partial charge in [0.1, 0.15) is 5.69 Å². The normalized spacial score (nSPS) is 10.4. The van der Waals surface area contributed by atoms with Crippen molar-refractivity contribution in [3.8, 4) is 22.9 Å². The molecule has 8 heteroatoms. The predicted octanol–water partition coefficient (Wildman–Crippen LogP) is 2.44. The number of benzene rings is 1. The Kier molecular flexibility index (Phi) is 4.46. The number of hydrogen-bond donors (Lipinski definition) is 1. The molecule has 0 aliphatic heterocycles. The SMILES string of the molecule is COc1ccc(-c2noc(COC(=O)c3ccc[nH]3)n2)cc1OC. The third-order valence-electron chi connectivity index (χ3n) is 3.25. The summed E-state index contributed by atoms with van der Waals surface area (Å²) < 4.78 is 20.6. The van der Waals surface area contributed by atoms with Gasteiger partial charge in [-0.1, -0.05) is 5.16 Å². The molecule has 0 radical (unpaired) electrons. The lowest BCUT2D eigenvalue weighted by Gasteiger charge is -2.07. The summed E-state index contributed by atoms with van der Waals surface area (Å²) >= 11 is 0. The van der Waals surface area contributed by atoms with Crippen LogP contribution in [-0.2, 0) is 11.3 Å². The highest BCUT2D eigenvalue weighted by molar-refractivity contribution is 5.87. The summed E-state index contributed by atoms with van der Waals surface area (Å²) in [6.07, 6.45) is 1.64. The van der Waals surface area contributed by atoms with E-state index < -0.39 is 5.97 Å². The van der Waals surface area contributed by atoms with E-state index >= 15 is 0 Å². The fourth-order valence-corrected chi connectivity index (χ4v) is 2.07. The molecule has 3 rings (SSSR count). The standard InChI is InChI=1S/C16H15N3O5/c1-21-12-6-5-10(8-13(12)22-2)15-18-14(24-19-15)9-23-16(20)11-4-3-7-17-11/h3-8,17H,9H2,1-2H3. The maximum atomic E-state index is 11.7. The van der Waals surface area contributed by atoms with E-state index in [1.54, 1.807) is 50.7 Å². The van der Waals surface area contributed by atoms with Crippen LogP contribution < -0.4 is 9.47 Å². The van der Waals surface area contributed by atoms with Crippen LogP contribution in [0.5, 0.6) is 11.5 Å². The van der Waals surface area contributed by atoms with Gasteiger partial charge in [-0.25, -0.2) is 4.79 Å². The molecule has 0 unspecified atom stereocenters. The monoisotopic (exact) mass is 329 g/mol. The molecule has 0 amide bonds. The van der Waals surface area contributed by atoms with Gasteiger partial charge < -0.3 is 23.7 Å². The zero-order valence-electron chi connectivity index (χ0n) is 13.1. The first-order valence-electron chi connectivity index (χ1n) is 7.06. The fraction of sp³-hybridized carbons (Fsp3) is 0.188. The molecule has 0 atom stereocenters. The molecule has 0 saturated heterocycles. The van der Waals surface area contributed by atoms with Gasteiger partial charge in [0.25, 0.3) is 5.89 Å². The number of H-pyrrole nitrogens is 1. The second kappa shape index (κ2) is 6.86. The molecule has 24 heavy (non-hydrogen) atoms. The lowest BCUT2D eigenvalue weighted by Crippen LogP contribution is -2.05. The Bertz CT molecular complexity index is 826. The maximum absolute atomic E-state index is 11.7. The number of aromatic amines is 1. The average Bonchev–Trinajstić information content (AvgIpc) is 3.30. The molecule has 0 aliphatic rings. The Labute approximate surface area is 137 Å². The molecule has 2 heterocycles. The number of carbonyl (C=O) groups excluding carboxylic acids is 1. The summed E-state index contributed by atoms with van der Waals surface area (Å²) in [6, 6.07) is 8.58. The molecule has 0 saturated carbocycles. The van der Waals surface area contributed by atoms with E-state index in [9.17, 15) is 4.79 Å². The summed E-state index contributed by atoms with van der Waals surface area (Å²) in [6.45, 7) is -0.113. The van der Waals surface area contributed by atoms with Crippen LogP contribution >= 0.6 is 0 Å². The van der Waals surface area contributed by atoms with Gasteiger partial charge in [-0.2, -0.15) is 4.98 Å². The zero-order chi connectivity index (χ0) is 16.9. The second-order valence-electron chi connectivity index (χ2n) is 4.74. The van der Waals surface area contributed by atoms with Gasteiger partial charge in [0, 0.05) is 11.8 Å². The largest absolute Gasteiger partial charge is 0.493 e. The molecule has 3 aromatic rings. The van der Waals surface area contributed by atoms with Gasteiger partial charge in [-0.05, 0) is 30.3 Å². The molecular weight excluding hydrogens is 314 g/mol. The Balaban J connectivity index is 1.70. The number of esters is 1. The van der Waals surface area contributed by atoms with Crippen molar-refractivity contribution in [2.24, 2.45) is 0 Å². The van der Waals surface area contributed by atoms with Crippen molar-refractivity contribution < 1.29 is 23.5 Å². The van der Waals surface area contributed by atoms with Crippen molar-refractivity contribution in [1.82, 2.24) is 15.1 Å². The number of nitrogens with zero attached hydrogens (tertiary/aromatic N) is 2. The number of nitrogens with one attached hydrogen (secondary N) is 1. The van der Waals surface area contributed by atoms with Crippen molar-refractivity contribution >= 4 is 5.97 Å². The van der Waals surface area contributed by atoms with Crippen molar-refractivity contribution in [2.75, 3.05) is 14.2 Å². The van der Waals surface area contributed by atoms with Crippen LogP contribution in [-0.4, -0.2) is 35.3 Å². The summed E-state index contributed by atoms with van der Waals surface area (Å²) in [5, 5.41) is 3.88. The van der Waals surface area contributed by atoms with Gasteiger partial charge >= 0.3 is 5.97 Å². The van der Waals surface area contributed by atoms with E-state index in [1.807, 2.05) is 0 Å². The van der Waals surface area contributed by atoms with Crippen molar-refractivity contribution in [3.05, 3.63) is 48.1 Å². The minimum Gasteiger partial charge on any atom is -0.493 e.